The quantitative estimate of drug-likeness (QED) is 0.854. The summed E-state index contributed by atoms with van der Waals surface area (Å²) in [5.74, 6) is -0.756. The lowest BCUT2D eigenvalue weighted by molar-refractivity contribution is -0.0367. The predicted octanol–water partition coefficient (Wildman–Crippen LogP) is 2.91. The van der Waals surface area contributed by atoms with E-state index in [0.29, 0.717) is 30.2 Å². The van der Waals surface area contributed by atoms with Gasteiger partial charge >= 0.3 is 5.97 Å². The molecule has 2 N–H and O–H groups in total. The highest BCUT2D eigenvalue weighted by Crippen LogP contribution is 2.31. The molecule has 1 fully saturated rings. The number of carboxylic acid groups (broad SMARTS) is 1. The van der Waals surface area contributed by atoms with Crippen molar-refractivity contribution in [2.75, 3.05) is 25.6 Å². The fourth-order valence-corrected chi connectivity index (χ4v) is 2.80. The van der Waals surface area contributed by atoms with Gasteiger partial charge in [0.2, 0.25) is 0 Å². The Balaban J connectivity index is 1.91. The summed E-state index contributed by atoms with van der Waals surface area (Å²) in [6, 6.07) is 6.59. The first kappa shape index (κ1) is 16.8. The number of halogens is 1. The maximum atomic E-state index is 11.7. The van der Waals surface area contributed by atoms with Gasteiger partial charge in [-0.1, -0.05) is 16.8 Å². The van der Waals surface area contributed by atoms with Gasteiger partial charge < -0.3 is 24.4 Å². The summed E-state index contributed by atoms with van der Waals surface area (Å²) in [6.45, 7) is 1.01. The Morgan fingerprint density at radius 2 is 2.17 bits per heavy atom. The van der Waals surface area contributed by atoms with Crippen molar-refractivity contribution in [3.8, 4) is 11.3 Å². The first-order chi connectivity index (χ1) is 11.6. The van der Waals surface area contributed by atoms with Crippen LogP contribution < -0.4 is 5.32 Å². The predicted molar refractivity (Wildman–Crippen MR) is 87.6 cm³/mol. The molecule has 0 spiro atoms. The van der Waals surface area contributed by atoms with Crippen molar-refractivity contribution in [1.29, 1.82) is 0 Å². The van der Waals surface area contributed by atoms with Crippen LogP contribution in [-0.4, -0.2) is 48.7 Å². The second-order valence-electron chi connectivity index (χ2n) is 5.44. The molecular formula is C16H17ClN2O5. The average Bonchev–Trinajstić information content (AvgIpc) is 3.00. The summed E-state index contributed by atoms with van der Waals surface area (Å²) in [5, 5.41) is 17.2. The highest BCUT2D eigenvalue weighted by Gasteiger charge is 2.30. The Morgan fingerprint density at radius 1 is 1.42 bits per heavy atom. The summed E-state index contributed by atoms with van der Waals surface area (Å²) in [4.78, 5) is 11.7. The molecule has 0 bridgehead atoms. The van der Waals surface area contributed by atoms with Crippen LogP contribution in [0, 0.1) is 0 Å². The number of carboxylic acids is 1. The Morgan fingerprint density at radius 3 is 2.83 bits per heavy atom. The lowest BCUT2D eigenvalue weighted by Crippen LogP contribution is -2.43. The Hall–Kier alpha value is -2.09. The van der Waals surface area contributed by atoms with E-state index in [0.717, 1.165) is 0 Å². The monoisotopic (exact) mass is 352 g/mol. The first-order valence-corrected chi connectivity index (χ1v) is 7.84. The van der Waals surface area contributed by atoms with Gasteiger partial charge in [0, 0.05) is 24.3 Å². The van der Waals surface area contributed by atoms with Gasteiger partial charge in [-0.15, -0.1) is 0 Å². The van der Waals surface area contributed by atoms with Crippen LogP contribution in [-0.2, 0) is 9.47 Å². The number of nitrogens with zero attached hydrogens (tertiary/aromatic N) is 1. The zero-order valence-electron chi connectivity index (χ0n) is 13.0. The lowest BCUT2D eigenvalue weighted by Gasteiger charge is -2.30. The largest absolute Gasteiger partial charge is 0.477 e. The summed E-state index contributed by atoms with van der Waals surface area (Å²) >= 11 is 5.87. The third kappa shape index (κ3) is 3.38. The molecule has 7 nitrogen and oxygen atoms in total. The summed E-state index contributed by atoms with van der Waals surface area (Å²) < 4.78 is 16.0. The molecule has 1 saturated heterocycles. The number of benzene rings is 1. The second kappa shape index (κ2) is 7.21. The number of hydrogen-bond acceptors (Lipinski definition) is 6. The molecule has 1 aliphatic heterocycles. The molecule has 0 amide bonds. The third-order valence-corrected chi connectivity index (χ3v) is 4.19. The summed E-state index contributed by atoms with van der Waals surface area (Å²) in [5.41, 5.74) is 0.575. The molecule has 2 heterocycles. The Labute approximate surface area is 143 Å². The SMILES string of the molecule is CO[C@H]1COCC[C@@H]1Nc1noc(-c2ccc(Cl)cc2)c1C(=O)O. The van der Waals surface area contributed by atoms with Gasteiger partial charge in [0.25, 0.3) is 0 Å². The van der Waals surface area contributed by atoms with Crippen LogP contribution >= 0.6 is 11.6 Å². The number of aromatic nitrogens is 1. The van der Waals surface area contributed by atoms with E-state index in [1.54, 1.807) is 31.4 Å². The van der Waals surface area contributed by atoms with Gasteiger partial charge in [-0.3, -0.25) is 0 Å². The van der Waals surface area contributed by atoms with Crippen LogP contribution in [0.2, 0.25) is 5.02 Å². The summed E-state index contributed by atoms with van der Waals surface area (Å²) in [6.07, 6.45) is 0.497. The number of nitrogens with one attached hydrogen (secondary N) is 1. The maximum absolute atomic E-state index is 11.7. The van der Waals surface area contributed by atoms with Crippen LogP contribution in [0.5, 0.6) is 0 Å². The number of anilines is 1. The van der Waals surface area contributed by atoms with Crippen LogP contribution in [0.25, 0.3) is 11.3 Å². The second-order valence-corrected chi connectivity index (χ2v) is 5.87. The van der Waals surface area contributed by atoms with E-state index in [4.69, 9.17) is 25.6 Å². The van der Waals surface area contributed by atoms with Gasteiger partial charge in [-0.2, -0.15) is 0 Å². The van der Waals surface area contributed by atoms with Crippen LogP contribution in [0.3, 0.4) is 0 Å². The van der Waals surface area contributed by atoms with Gasteiger partial charge in [0.15, 0.2) is 17.1 Å². The van der Waals surface area contributed by atoms with E-state index in [-0.39, 0.29) is 29.3 Å². The number of hydrogen-bond donors (Lipinski definition) is 2. The van der Waals surface area contributed by atoms with E-state index in [1.165, 1.54) is 0 Å². The third-order valence-electron chi connectivity index (χ3n) is 3.94. The fourth-order valence-electron chi connectivity index (χ4n) is 2.67. The van der Waals surface area contributed by atoms with E-state index >= 15 is 0 Å². The van der Waals surface area contributed by atoms with E-state index in [2.05, 4.69) is 10.5 Å². The van der Waals surface area contributed by atoms with E-state index < -0.39 is 5.97 Å². The Bertz CT molecular complexity index is 716. The lowest BCUT2D eigenvalue weighted by atomic mass is 10.0. The molecule has 0 radical (unpaired) electrons. The standard InChI is InChI=1S/C16H17ClN2O5/c1-22-12-8-23-7-6-11(12)18-15-13(16(20)21)14(24-19-15)9-2-4-10(17)5-3-9/h2-5,11-12H,6-8H2,1H3,(H,18,19)(H,20,21)/t11-,12-/m0/s1. The van der Waals surface area contributed by atoms with Gasteiger partial charge in [-0.25, -0.2) is 4.79 Å². The minimum atomic E-state index is -1.12. The zero-order valence-corrected chi connectivity index (χ0v) is 13.7. The molecule has 1 aromatic heterocycles. The molecule has 0 saturated carbocycles. The van der Waals surface area contributed by atoms with Gasteiger partial charge in [-0.05, 0) is 30.7 Å². The normalized spacial score (nSPS) is 20.8. The number of rotatable bonds is 5. The molecular weight excluding hydrogens is 336 g/mol. The minimum Gasteiger partial charge on any atom is -0.477 e. The Kier molecular flexibility index (Phi) is 5.03. The first-order valence-electron chi connectivity index (χ1n) is 7.46. The van der Waals surface area contributed by atoms with Gasteiger partial charge in [0.1, 0.15) is 6.10 Å². The molecule has 3 rings (SSSR count). The van der Waals surface area contributed by atoms with Crippen molar-refractivity contribution in [1.82, 2.24) is 5.16 Å². The molecule has 8 heteroatoms. The molecule has 2 atom stereocenters. The molecule has 0 aliphatic carbocycles. The van der Waals surface area contributed by atoms with Crippen molar-refractivity contribution >= 4 is 23.4 Å². The van der Waals surface area contributed by atoms with Gasteiger partial charge in [0.05, 0.1) is 12.6 Å². The van der Waals surface area contributed by atoms with Crippen molar-refractivity contribution in [2.45, 2.75) is 18.6 Å². The highest BCUT2D eigenvalue weighted by atomic mass is 35.5. The van der Waals surface area contributed by atoms with Crippen molar-refractivity contribution < 1.29 is 23.9 Å². The van der Waals surface area contributed by atoms with Crippen molar-refractivity contribution in [2.24, 2.45) is 0 Å². The summed E-state index contributed by atoms with van der Waals surface area (Å²) in [7, 11) is 1.59. The number of carbonyl (C=O) groups is 1. The average molecular weight is 353 g/mol. The molecule has 2 aromatic rings. The van der Waals surface area contributed by atoms with Crippen LogP contribution in [0.4, 0.5) is 5.82 Å². The molecule has 24 heavy (non-hydrogen) atoms. The number of methoxy groups -OCH3 is 1. The number of aromatic carboxylic acids is 1. The van der Waals surface area contributed by atoms with Crippen molar-refractivity contribution in [3.63, 3.8) is 0 Å². The van der Waals surface area contributed by atoms with E-state index in [9.17, 15) is 9.90 Å². The van der Waals surface area contributed by atoms with Crippen LogP contribution in [0.15, 0.2) is 28.8 Å². The maximum Gasteiger partial charge on any atom is 0.343 e. The van der Waals surface area contributed by atoms with Crippen LogP contribution in [0.1, 0.15) is 16.8 Å². The fraction of sp³-hybridized carbons (Fsp3) is 0.375. The smallest absolute Gasteiger partial charge is 0.343 e. The molecule has 128 valence electrons. The molecule has 1 aromatic carbocycles. The zero-order chi connectivity index (χ0) is 17.1. The minimum absolute atomic E-state index is 0.0151. The topological polar surface area (TPSA) is 93.8 Å². The molecule has 1 aliphatic rings. The molecule has 0 unspecified atom stereocenters. The van der Waals surface area contributed by atoms with Crippen molar-refractivity contribution in [3.05, 3.63) is 34.9 Å². The highest BCUT2D eigenvalue weighted by molar-refractivity contribution is 6.30. The van der Waals surface area contributed by atoms with E-state index in [1.807, 2.05) is 0 Å². The number of ether oxygens (including phenoxy) is 2.